The molecular formula is C21H46N2OS. The van der Waals surface area contributed by atoms with Gasteiger partial charge in [-0.15, -0.1) is 0 Å². The highest BCUT2D eigenvalue weighted by Crippen LogP contribution is 2.18. The molecule has 0 atom stereocenters. The Bertz CT molecular complexity index is 433. The van der Waals surface area contributed by atoms with Crippen molar-refractivity contribution < 1.29 is 0 Å². The molecule has 0 unspecified atom stereocenters. The Morgan fingerprint density at radius 1 is 0.840 bits per heavy atom. The van der Waals surface area contributed by atoms with Gasteiger partial charge in [-0.25, -0.2) is 0 Å². The summed E-state index contributed by atoms with van der Waals surface area (Å²) in [5.41, 5.74) is 1.84. The molecule has 0 aromatic heterocycles. The average Bonchev–Trinajstić information content (AvgIpc) is 2.71. The van der Waals surface area contributed by atoms with E-state index in [1.807, 2.05) is 74.3 Å². The fraction of sp³-hybridized carbons (Fsp3) is 0.810. The van der Waals surface area contributed by atoms with Gasteiger partial charge in [0, 0.05) is 13.6 Å². The molecule has 0 aliphatic heterocycles. The maximum Gasteiger partial charge on any atom is 0.220 e. The zero-order valence-electron chi connectivity index (χ0n) is 19.2. The van der Waals surface area contributed by atoms with Crippen molar-refractivity contribution in [3.05, 3.63) is 20.3 Å². The lowest BCUT2D eigenvalue weighted by Crippen LogP contribution is -2.32. The van der Waals surface area contributed by atoms with Crippen molar-refractivity contribution in [2.45, 2.75) is 82.6 Å². The fourth-order valence-corrected chi connectivity index (χ4v) is 2.33. The van der Waals surface area contributed by atoms with Crippen LogP contribution in [-0.4, -0.2) is 38.1 Å². The van der Waals surface area contributed by atoms with E-state index in [2.05, 4.69) is 18.7 Å². The second-order valence-corrected chi connectivity index (χ2v) is 4.84. The van der Waals surface area contributed by atoms with E-state index in [9.17, 15) is 4.79 Å². The Hall–Kier alpha value is -0.740. The fourth-order valence-electron chi connectivity index (χ4n) is 2.14. The largest absolute Gasteiger partial charge is 0.371 e. The molecule has 0 spiro atoms. The molecule has 0 heterocycles. The summed E-state index contributed by atoms with van der Waals surface area (Å²) in [6, 6.07) is 0. The van der Waals surface area contributed by atoms with Gasteiger partial charge in [-0.2, -0.15) is 0 Å². The van der Waals surface area contributed by atoms with Gasteiger partial charge in [0.2, 0.25) is 5.43 Å². The average molecular weight is 375 g/mol. The first kappa shape index (κ1) is 32.0. The molecule has 1 aromatic rings. The minimum absolute atomic E-state index is 0.0443. The van der Waals surface area contributed by atoms with Gasteiger partial charge >= 0.3 is 0 Å². The summed E-state index contributed by atoms with van der Waals surface area (Å²) in [6.45, 7) is 26.5. The highest BCUT2D eigenvalue weighted by molar-refractivity contribution is 7.71. The van der Waals surface area contributed by atoms with Crippen molar-refractivity contribution in [2.24, 2.45) is 0 Å². The molecular weight excluding hydrogens is 328 g/mol. The van der Waals surface area contributed by atoms with Crippen LogP contribution in [0.4, 0.5) is 5.69 Å². The SMILES string of the molecule is CC.CC.CC.CC.CCN(CC)CCCN(C)c1c(C)c(=S)c1=O. The molecule has 1 aromatic carbocycles. The van der Waals surface area contributed by atoms with Crippen LogP contribution in [0.15, 0.2) is 4.79 Å². The second kappa shape index (κ2) is 23.3. The Labute approximate surface area is 164 Å². The lowest BCUT2D eigenvalue weighted by Gasteiger charge is -2.24. The summed E-state index contributed by atoms with van der Waals surface area (Å²) in [7, 11) is 1.97. The number of rotatable bonds is 7. The summed E-state index contributed by atoms with van der Waals surface area (Å²) in [4.78, 5) is 16.0. The van der Waals surface area contributed by atoms with Gasteiger partial charge in [-0.05, 0) is 38.5 Å². The molecule has 0 aliphatic rings. The van der Waals surface area contributed by atoms with Crippen LogP contribution in [0.25, 0.3) is 0 Å². The van der Waals surface area contributed by atoms with Crippen LogP contribution in [-0.2, 0) is 0 Å². The molecule has 0 aliphatic carbocycles. The number of anilines is 1. The first-order valence-electron chi connectivity index (χ1n) is 10.3. The molecule has 3 nitrogen and oxygen atoms in total. The zero-order valence-corrected chi connectivity index (χ0v) is 20.1. The molecule has 0 saturated heterocycles. The lowest BCUT2D eigenvalue weighted by molar-refractivity contribution is 0.301. The van der Waals surface area contributed by atoms with Crippen molar-refractivity contribution >= 4 is 17.9 Å². The Morgan fingerprint density at radius 2 is 1.24 bits per heavy atom. The van der Waals surface area contributed by atoms with Gasteiger partial charge in [0.25, 0.3) is 0 Å². The predicted octanol–water partition coefficient (Wildman–Crippen LogP) is 6.23. The molecule has 25 heavy (non-hydrogen) atoms. The van der Waals surface area contributed by atoms with Crippen molar-refractivity contribution in [1.82, 2.24) is 4.90 Å². The molecule has 0 amide bonds. The van der Waals surface area contributed by atoms with E-state index in [1.165, 1.54) is 0 Å². The summed E-state index contributed by atoms with van der Waals surface area (Å²) >= 11 is 4.97. The van der Waals surface area contributed by atoms with Crippen LogP contribution in [0.5, 0.6) is 0 Å². The minimum atomic E-state index is 0.0443. The first-order valence-corrected chi connectivity index (χ1v) is 10.7. The standard InChI is InChI=1S/C13H22N2OS.4C2H6/c1-5-15(6-2)9-7-8-14(4)11-10(3)13(17)12(11)16;4*1-2/h5-9H2,1-4H3;4*1-2H3. The second-order valence-electron chi connectivity index (χ2n) is 4.43. The van der Waals surface area contributed by atoms with Gasteiger partial charge in [0.05, 0.1) is 10.2 Å². The number of nitrogens with zero attached hydrogens (tertiary/aromatic N) is 2. The molecule has 0 radical (unpaired) electrons. The molecule has 0 saturated carbocycles. The molecule has 0 fully saturated rings. The third-order valence-electron chi connectivity index (χ3n) is 3.36. The molecule has 152 valence electrons. The van der Waals surface area contributed by atoms with E-state index >= 15 is 0 Å². The van der Waals surface area contributed by atoms with E-state index in [0.29, 0.717) is 4.51 Å². The Morgan fingerprint density at radius 3 is 1.56 bits per heavy atom. The van der Waals surface area contributed by atoms with E-state index in [0.717, 1.165) is 43.9 Å². The van der Waals surface area contributed by atoms with Gasteiger partial charge in [0.1, 0.15) is 0 Å². The normalized spacial score (nSPS) is 8.68. The Kier molecular flexibility index (Phi) is 29.8. The van der Waals surface area contributed by atoms with Crippen LogP contribution in [0.1, 0.15) is 81.2 Å². The highest BCUT2D eigenvalue weighted by atomic mass is 32.1. The van der Waals surface area contributed by atoms with Crippen LogP contribution in [0, 0.1) is 11.4 Å². The predicted molar refractivity (Wildman–Crippen MR) is 122 cm³/mol. The highest BCUT2D eigenvalue weighted by Gasteiger charge is 2.17. The lowest BCUT2D eigenvalue weighted by atomic mass is 10.1. The maximum atomic E-state index is 11.6. The van der Waals surface area contributed by atoms with E-state index < -0.39 is 0 Å². The maximum absolute atomic E-state index is 11.6. The smallest absolute Gasteiger partial charge is 0.220 e. The number of hydrogen-bond donors (Lipinski definition) is 0. The van der Waals surface area contributed by atoms with E-state index in [4.69, 9.17) is 12.2 Å². The van der Waals surface area contributed by atoms with Gasteiger partial charge < -0.3 is 9.80 Å². The van der Waals surface area contributed by atoms with Crippen LogP contribution < -0.4 is 10.3 Å². The first-order chi connectivity index (χ1) is 12.0. The van der Waals surface area contributed by atoms with Crippen molar-refractivity contribution in [3.8, 4) is 0 Å². The summed E-state index contributed by atoms with van der Waals surface area (Å²) < 4.78 is 0.510. The Balaban J connectivity index is -0.000000241. The molecule has 4 heteroatoms. The third-order valence-corrected chi connectivity index (χ3v) is 3.85. The molecule has 0 bridgehead atoms. The molecule has 1 rings (SSSR count). The summed E-state index contributed by atoms with van der Waals surface area (Å²) in [6.07, 6.45) is 1.08. The van der Waals surface area contributed by atoms with Gasteiger partial charge in [-0.1, -0.05) is 81.5 Å². The monoisotopic (exact) mass is 374 g/mol. The van der Waals surface area contributed by atoms with Gasteiger partial charge in [-0.3, -0.25) is 4.79 Å². The summed E-state index contributed by atoms with van der Waals surface area (Å²) in [5, 5.41) is 0. The van der Waals surface area contributed by atoms with Crippen LogP contribution in [0.3, 0.4) is 0 Å². The third kappa shape index (κ3) is 12.3. The van der Waals surface area contributed by atoms with E-state index in [1.54, 1.807) is 0 Å². The summed E-state index contributed by atoms with van der Waals surface area (Å²) in [5.74, 6) is 0. The van der Waals surface area contributed by atoms with Crippen molar-refractivity contribution in [1.29, 1.82) is 0 Å². The van der Waals surface area contributed by atoms with Crippen LogP contribution >= 0.6 is 12.2 Å². The van der Waals surface area contributed by atoms with Gasteiger partial charge in [0.15, 0.2) is 0 Å². The minimum Gasteiger partial charge on any atom is -0.371 e. The topological polar surface area (TPSA) is 23.6 Å². The quantitative estimate of drug-likeness (QED) is 0.528. The van der Waals surface area contributed by atoms with Crippen molar-refractivity contribution in [2.75, 3.05) is 38.1 Å². The van der Waals surface area contributed by atoms with Crippen LogP contribution in [0.2, 0.25) is 0 Å². The number of hydrogen-bond acceptors (Lipinski definition) is 4. The molecule has 0 N–H and O–H groups in total. The zero-order chi connectivity index (χ0) is 21.0. The van der Waals surface area contributed by atoms with Crippen molar-refractivity contribution in [3.63, 3.8) is 0 Å². The van der Waals surface area contributed by atoms with E-state index in [-0.39, 0.29) is 5.43 Å².